The van der Waals surface area contributed by atoms with Gasteiger partial charge in [-0.15, -0.1) is 5.10 Å². The van der Waals surface area contributed by atoms with Crippen LogP contribution in [0, 0.1) is 0 Å². The van der Waals surface area contributed by atoms with Gasteiger partial charge < -0.3 is 5.32 Å². The maximum Gasteiger partial charge on any atom is 0.252 e. The number of fused-ring (bicyclic) bond motifs is 1. The van der Waals surface area contributed by atoms with Crippen molar-refractivity contribution in [1.82, 2.24) is 14.8 Å². The molecule has 0 bridgehead atoms. The Labute approximate surface area is 154 Å². The fraction of sp³-hybridized carbons (Fsp3) is 0.111. The van der Waals surface area contributed by atoms with Gasteiger partial charge in [0.1, 0.15) is 6.04 Å². The van der Waals surface area contributed by atoms with E-state index in [0.717, 1.165) is 5.56 Å². The zero-order valence-corrected chi connectivity index (χ0v) is 14.3. The van der Waals surface area contributed by atoms with Crippen LogP contribution in [0.5, 0.6) is 0 Å². The van der Waals surface area contributed by atoms with E-state index in [1.807, 2.05) is 30.3 Å². The van der Waals surface area contributed by atoms with Crippen molar-refractivity contribution in [2.45, 2.75) is 12.5 Å². The molecular formula is C18H14ClN5O2. The van der Waals surface area contributed by atoms with Gasteiger partial charge in [0, 0.05) is 5.56 Å². The standard InChI is InChI=1S/C18H14ClN5O2/c19-12-8-4-5-9-13(12)20-15(25)10-14-17(26)22-18-21-16(23-24(14)18)11-6-2-1-3-7-11/h1-9,14H,10H2,(H,20,25)(H,21,22,23,26)/t14-/m0/s1. The van der Waals surface area contributed by atoms with Crippen molar-refractivity contribution >= 4 is 35.1 Å². The minimum absolute atomic E-state index is 0.0678. The van der Waals surface area contributed by atoms with Gasteiger partial charge in [0.05, 0.1) is 17.1 Å². The Balaban J connectivity index is 1.53. The summed E-state index contributed by atoms with van der Waals surface area (Å²) in [5.41, 5.74) is 1.34. The van der Waals surface area contributed by atoms with Crippen LogP contribution >= 0.6 is 11.6 Å². The molecule has 2 N–H and O–H groups in total. The number of anilines is 2. The maximum atomic E-state index is 12.3. The summed E-state index contributed by atoms with van der Waals surface area (Å²) in [4.78, 5) is 28.9. The van der Waals surface area contributed by atoms with Crippen molar-refractivity contribution in [2.75, 3.05) is 10.6 Å². The number of aromatic nitrogens is 3. The number of nitrogens with zero attached hydrogens (tertiary/aromatic N) is 3. The van der Waals surface area contributed by atoms with E-state index < -0.39 is 6.04 Å². The summed E-state index contributed by atoms with van der Waals surface area (Å²) in [6.07, 6.45) is -0.0678. The number of para-hydroxylation sites is 1. The summed E-state index contributed by atoms with van der Waals surface area (Å²) in [7, 11) is 0. The first-order valence-corrected chi connectivity index (χ1v) is 8.37. The first-order chi connectivity index (χ1) is 12.6. The van der Waals surface area contributed by atoms with Crippen LogP contribution in [0.25, 0.3) is 11.4 Å². The van der Waals surface area contributed by atoms with Gasteiger partial charge in [0.15, 0.2) is 5.82 Å². The van der Waals surface area contributed by atoms with Gasteiger partial charge >= 0.3 is 0 Å². The molecule has 1 aliphatic heterocycles. The molecule has 130 valence electrons. The van der Waals surface area contributed by atoms with Gasteiger partial charge in [-0.05, 0) is 12.1 Å². The molecule has 1 atom stereocenters. The Bertz CT molecular complexity index is 986. The molecule has 1 aromatic heterocycles. The number of halogens is 1. The van der Waals surface area contributed by atoms with E-state index in [2.05, 4.69) is 20.7 Å². The Morgan fingerprint density at radius 2 is 1.88 bits per heavy atom. The fourth-order valence-electron chi connectivity index (χ4n) is 2.76. The average molecular weight is 368 g/mol. The van der Waals surface area contributed by atoms with Crippen molar-refractivity contribution in [1.29, 1.82) is 0 Å². The van der Waals surface area contributed by atoms with Gasteiger partial charge in [0.25, 0.3) is 5.91 Å². The Morgan fingerprint density at radius 3 is 2.65 bits per heavy atom. The van der Waals surface area contributed by atoms with Crippen LogP contribution in [0.15, 0.2) is 54.6 Å². The van der Waals surface area contributed by atoms with E-state index in [1.165, 1.54) is 4.68 Å². The Hall–Kier alpha value is -3.19. The van der Waals surface area contributed by atoms with Crippen LogP contribution in [0.3, 0.4) is 0 Å². The maximum absolute atomic E-state index is 12.3. The highest BCUT2D eigenvalue weighted by Crippen LogP contribution is 2.29. The minimum atomic E-state index is -0.752. The molecule has 0 fully saturated rings. The van der Waals surface area contributed by atoms with E-state index >= 15 is 0 Å². The minimum Gasteiger partial charge on any atom is -0.325 e. The SMILES string of the molecule is O=C(C[C@H]1C(=O)Nc2nc(-c3ccccc3)nn21)Nc1ccccc1Cl. The van der Waals surface area contributed by atoms with Crippen LogP contribution in [0.1, 0.15) is 12.5 Å². The molecule has 0 saturated heterocycles. The number of hydrogen-bond acceptors (Lipinski definition) is 4. The lowest BCUT2D eigenvalue weighted by atomic mass is 10.2. The van der Waals surface area contributed by atoms with Gasteiger partial charge in [-0.3, -0.25) is 14.9 Å². The smallest absolute Gasteiger partial charge is 0.252 e. The second kappa shape index (κ2) is 6.61. The average Bonchev–Trinajstić information content (AvgIpc) is 3.17. The van der Waals surface area contributed by atoms with Crippen molar-refractivity contribution in [2.24, 2.45) is 0 Å². The number of hydrogen-bond donors (Lipinski definition) is 2. The highest BCUT2D eigenvalue weighted by atomic mass is 35.5. The third kappa shape index (κ3) is 3.04. The zero-order valence-electron chi connectivity index (χ0n) is 13.5. The van der Waals surface area contributed by atoms with Crippen molar-refractivity contribution in [3.8, 4) is 11.4 Å². The molecule has 8 heteroatoms. The molecule has 3 aromatic rings. The second-order valence-corrected chi connectivity index (χ2v) is 6.21. The van der Waals surface area contributed by atoms with Gasteiger partial charge in [0.2, 0.25) is 11.9 Å². The van der Waals surface area contributed by atoms with Gasteiger partial charge in [-0.25, -0.2) is 4.68 Å². The Morgan fingerprint density at radius 1 is 1.15 bits per heavy atom. The summed E-state index contributed by atoms with van der Waals surface area (Å²) in [6, 6.07) is 15.6. The summed E-state index contributed by atoms with van der Waals surface area (Å²) in [5.74, 6) is 0.193. The number of rotatable bonds is 4. The molecule has 26 heavy (non-hydrogen) atoms. The molecular weight excluding hydrogens is 354 g/mol. The predicted molar refractivity (Wildman–Crippen MR) is 97.8 cm³/mol. The van der Waals surface area contributed by atoms with E-state index in [4.69, 9.17) is 11.6 Å². The molecule has 0 aliphatic carbocycles. The highest BCUT2D eigenvalue weighted by molar-refractivity contribution is 6.33. The van der Waals surface area contributed by atoms with Gasteiger partial charge in [-0.1, -0.05) is 54.1 Å². The second-order valence-electron chi connectivity index (χ2n) is 5.81. The first-order valence-electron chi connectivity index (χ1n) is 7.99. The van der Waals surface area contributed by atoms with Crippen molar-refractivity contribution in [3.63, 3.8) is 0 Å². The summed E-state index contributed by atoms with van der Waals surface area (Å²) in [6.45, 7) is 0. The van der Waals surface area contributed by atoms with Crippen molar-refractivity contribution in [3.05, 3.63) is 59.6 Å². The van der Waals surface area contributed by atoms with Crippen LogP contribution < -0.4 is 10.6 Å². The number of carbonyl (C=O) groups is 2. The van der Waals surface area contributed by atoms with E-state index in [-0.39, 0.29) is 18.2 Å². The summed E-state index contributed by atoms with van der Waals surface area (Å²) >= 11 is 6.04. The van der Waals surface area contributed by atoms with E-state index in [9.17, 15) is 9.59 Å². The molecule has 4 rings (SSSR count). The lowest BCUT2D eigenvalue weighted by molar-refractivity contribution is -0.123. The third-order valence-electron chi connectivity index (χ3n) is 4.02. The molecule has 0 radical (unpaired) electrons. The lowest BCUT2D eigenvalue weighted by Gasteiger charge is -2.10. The lowest BCUT2D eigenvalue weighted by Crippen LogP contribution is -2.23. The first kappa shape index (κ1) is 16.3. The molecule has 0 unspecified atom stereocenters. The number of nitrogens with one attached hydrogen (secondary N) is 2. The van der Waals surface area contributed by atoms with Crippen molar-refractivity contribution < 1.29 is 9.59 Å². The molecule has 2 aromatic carbocycles. The molecule has 7 nitrogen and oxygen atoms in total. The van der Waals surface area contributed by atoms with Crippen LogP contribution in [0.4, 0.5) is 11.6 Å². The van der Waals surface area contributed by atoms with Crippen LogP contribution in [0.2, 0.25) is 5.02 Å². The monoisotopic (exact) mass is 367 g/mol. The Kier molecular flexibility index (Phi) is 4.14. The van der Waals surface area contributed by atoms with Crippen LogP contribution in [-0.2, 0) is 9.59 Å². The molecule has 0 saturated carbocycles. The molecule has 2 amide bonds. The number of benzene rings is 2. The number of amides is 2. The van der Waals surface area contributed by atoms with Crippen LogP contribution in [-0.4, -0.2) is 26.6 Å². The fourth-order valence-corrected chi connectivity index (χ4v) is 2.94. The van der Waals surface area contributed by atoms with E-state index in [1.54, 1.807) is 24.3 Å². The summed E-state index contributed by atoms with van der Waals surface area (Å²) in [5, 5.41) is 10.2. The molecule has 0 spiro atoms. The quantitative estimate of drug-likeness (QED) is 0.741. The van der Waals surface area contributed by atoms with Gasteiger partial charge in [-0.2, -0.15) is 4.98 Å². The predicted octanol–water partition coefficient (Wildman–Crippen LogP) is 3.12. The topological polar surface area (TPSA) is 88.9 Å². The zero-order chi connectivity index (χ0) is 18.1. The highest BCUT2D eigenvalue weighted by Gasteiger charge is 2.35. The van der Waals surface area contributed by atoms with E-state index in [0.29, 0.717) is 22.5 Å². The third-order valence-corrected chi connectivity index (χ3v) is 4.35. The molecule has 2 heterocycles. The number of carbonyl (C=O) groups excluding carboxylic acids is 2. The molecule has 1 aliphatic rings. The normalized spacial score (nSPS) is 15.4. The summed E-state index contributed by atoms with van der Waals surface area (Å²) < 4.78 is 1.46. The largest absolute Gasteiger partial charge is 0.325 e.